The van der Waals surface area contributed by atoms with E-state index in [1.54, 1.807) is 11.8 Å². The van der Waals surface area contributed by atoms with E-state index in [9.17, 15) is 0 Å². The smallest absolute Gasteiger partial charge is 0.251 e. The summed E-state index contributed by atoms with van der Waals surface area (Å²) in [5.41, 5.74) is 0.839. The SMILES string of the molecule is Cc1cc(-c2nnc(CSC(C)CO)o2)c(C)o1. The van der Waals surface area contributed by atoms with Crippen LogP contribution in [0.25, 0.3) is 11.5 Å². The van der Waals surface area contributed by atoms with Gasteiger partial charge in [0.05, 0.1) is 17.9 Å². The number of hydrogen-bond donors (Lipinski definition) is 1. The lowest BCUT2D eigenvalue weighted by Crippen LogP contribution is -2.02. The van der Waals surface area contributed by atoms with Crippen LogP contribution in [0.15, 0.2) is 14.9 Å². The molecule has 6 heteroatoms. The Morgan fingerprint density at radius 1 is 1.33 bits per heavy atom. The molecule has 1 atom stereocenters. The molecule has 98 valence electrons. The van der Waals surface area contributed by atoms with Crippen LogP contribution in [0, 0.1) is 13.8 Å². The molecule has 18 heavy (non-hydrogen) atoms. The zero-order valence-corrected chi connectivity index (χ0v) is 11.5. The molecule has 0 bridgehead atoms. The van der Waals surface area contributed by atoms with Crippen LogP contribution in [-0.4, -0.2) is 27.2 Å². The maximum Gasteiger partial charge on any atom is 0.251 e. The molecule has 5 nitrogen and oxygen atoms in total. The Kier molecular flexibility index (Phi) is 4.08. The Hall–Kier alpha value is -1.27. The highest BCUT2D eigenvalue weighted by Gasteiger charge is 2.15. The number of aliphatic hydroxyl groups is 1. The van der Waals surface area contributed by atoms with Crippen molar-refractivity contribution in [1.82, 2.24) is 10.2 Å². The van der Waals surface area contributed by atoms with Gasteiger partial charge in [-0.1, -0.05) is 6.92 Å². The molecule has 0 aromatic carbocycles. The van der Waals surface area contributed by atoms with Crippen molar-refractivity contribution in [2.45, 2.75) is 31.8 Å². The van der Waals surface area contributed by atoms with Crippen LogP contribution in [0.4, 0.5) is 0 Å². The molecule has 2 heterocycles. The first kappa shape index (κ1) is 13.2. The molecule has 1 N–H and O–H groups in total. The summed E-state index contributed by atoms with van der Waals surface area (Å²) in [6.07, 6.45) is 0. The van der Waals surface area contributed by atoms with Crippen LogP contribution in [0.5, 0.6) is 0 Å². The van der Waals surface area contributed by atoms with Crippen molar-refractivity contribution in [2.24, 2.45) is 0 Å². The second-order valence-electron chi connectivity index (χ2n) is 4.13. The normalized spacial score (nSPS) is 12.9. The number of nitrogens with zero attached hydrogens (tertiary/aromatic N) is 2. The maximum atomic E-state index is 8.94. The molecule has 1 unspecified atom stereocenters. The van der Waals surface area contributed by atoms with Crippen molar-refractivity contribution in [3.05, 3.63) is 23.5 Å². The van der Waals surface area contributed by atoms with E-state index >= 15 is 0 Å². The van der Waals surface area contributed by atoms with Crippen LogP contribution >= 0.6 is 11.8 Å². The Morgan fingerprint density at radius 3 is 2.72 bits per heavy atom. The first-order valence-electron chi connectivity index (χ1n) is 5.72. The van der Waals surface area contributed by atoms with Crippen molar-refractivity contribution in [3.8, 4) is 11.5 Å². The number of thioether (sulfide) groups is 1. The van der Waals surface area contributed by atoms with Crippen LogP contribution in [0.1, 0.15) is 24.3 Å². The topological polar surface area (TPSA) is 72.3 Å². The Labute approximate surface area is 110 Å². The van der Waals surface area contributed by atoms with E-state index < -0.39 is 0 Å². The molecular weight excluding hydrogens is 252 g/mol. The number of aliphatic hydroxyl groups excluding tert-OH is 1. The molecule has 0 aliphatic heterocycles. The third-order valence-electron chi connectivity index (χ3n) is 2.49. The first-order valence-corrected chi connectivity index (χ1v) is 6.77. The van der Waals surface area contributed by atoms with Gasteiger partial charge in [0.2, 0.25) is 5.89 Å². The quantitative estimate of drug-likeness (QED) is 0.898. The van der Waals surface area contributed by atoms with Crippen LogP contribution in [0.2, 0.25) is 0 Å². The average molecular weight is 268 g/mol. The molecule has 2 aromatic rings. The Morgan fingerprint density at radius 2 is 2.11 bits per heavy atom. The molecule has 0 spiro atoms. The molecule has 0 radical (unpaired) electrons. The van der Waals surface area contributed by atoms with Crippen LogP contribution in [0.3, 0.4) is 0 Å². The van der Waals surface area contributed by atoms with Gasteiger partial charge in [0.15, 0.2) is 0 Å². The van der Waals surface area contributed by atoms with Gasteiger partial charge in [-0.25, -0.2) is 0 Å². The zero-order chi connectivity index (χ0) is 13.1. The number of hydrogen-bond acceptors (Lipinski definition) is 6. The number of aryl methyl sites for hydroxylation is 2. The summed E-state index contributed by atoms with van der Waals surface area (Å²) < 4.78 is 11.0. The second-order valence-corrected chi connectivity index (χ2v) is 5.56. The molecule has 0 saturated carbocycles. The minimum Gasteiger partial charge on any atom is -0.466 e. The molecule has 2 rings (SSSR count). The molecule has 2 aromatic heterocycles. The average Bonchev–Trinajstić information content (AvgIpc) is 2.92. The predicted octanol–water partition coefficient (Wildman–Crippen LogP) is 2.56. The maximum absolute atomic E-state index is 8.94. The summed E-state index contributed by atoms with van der Waals surface area (Å²) >= 11 is 1.58. The van der Waals surface area contributed by atoms with Crippen molar-refractivity contribution in [1.29, 1.82) is 0 Å². The highest BCUT2D eigenvalue weighted by Crippen LogP contribution is 2.26. The van der Waals surface area contributed by atoms with Crippen molar-refractivity contribution in [2.75, 3.05) is 6.61 Å². The summed E-state index contributed by atoms with van der Waals surface area (Å²) in [6, 6.07) is 1.89. The lowest BCUT2D eigenvalue weighted by molar-refractivity contribution is 0.300. The monoisotopic (exact) mass is 268 g/mol. The Bertz CT molecular complexity index is 521. The van der Waals surface area contributed by atoms with E-state index in [-0.39, 0.29) is 11.9 Å². The van der Waals surface area contributed by atoms with E-state index in [4.69, 9.17) is 13.9 Å². The highest BCUT2D eigenvalue weighted by atomic mass is 32.2. The lowest BCUT2D eigenvalue weighted by Gasteiger charge is -2.03. The van der Waals surface area contributed by atoms with E-state index in [0.717, 1.165) is 17.1 Å². The first-order chi connectivity index (χ1) is 8.60. The molecular formula is C12H16N2O3S. The summed E-state index contributed by atoms with van der Waals surface area (Å²) in [5.74, 6) is 3.25. The van der Waals surface area contributed by atoms with E-state index in [1.807, 2.05) is 26.8 Å². The molecule has 0 aliphatic rings. The van der Waals surface area contributed by atoms with Gasteiger partial charge < -0.3 is 13.9 Å². The van der Waals surface area contributed by atoms with Crippen molar-refractivity contribution >= 4 is 11.8 Å². The fraction of sp³-hybridized carbons (Fsp3) is 0.500. The predicted molar refractivity (Wildman–Crippen MR) is 69.3 cm³/mol. The number of rotatable bonds is 5. The third-order valence-corrected chi connectivity index (χ3v) is 3.62. The van der Waals surface area contributed by atoms with Gasteiger partial charge in [-0.05, 0) is 19.9 Å². The van der Waals surface area contributed by atoms with Gasteiger partial charge >= 0.3 is 0 Å². The second kappa shape index (κ2) is 5.58. The van der Waals surface area contributed by atoms with Gasteiger partial charge in [0, 0.05) is 5.25 Å². The van der Waals surface area contributed by atoms with Gasteiger partial charge in [0.25, 0.3) is 5.89 Å². The summed E-state index contributed by atoms with van der Waals surface area (Å²) in [7, 11) is 0. The Balaban J connectivity index is 2.08. The fourth-order valence-corrected chi connectivity index (χ4v) is 2.18. The van der Waals surface area contributed by atoms with Crippen molar-refractivity contribution < 1.29 is 13.9 Å². The van der Waals surface area contributed by atoms with Crippen LogP contribution in [-0.2, 0) is 5.75 Å². The van der Waals surface area contributed by atoms with Gasteiger partial charge in [-0.2, -0.15) is 0 Å². The third kappa shape index (κ3) is 2.94. The summed E-state index contributed by atoms with van der Waals surface area (Å²) in [4.78, 5) is 0. The lowest BCUT2D eigenvalue weighted by atomic mass is 10.2. The standard InChI is InChI=1S/C12H16N2O3S/c1-7-4-10(9(3)16-7)12-14-13-11(17-12)6-18-8(2)5-15/h4,8,15H,5-6H2,1-3H3. The van der Waals surface area contributed by atoms with E-state index in [1.165, 1.54) is 0 Å². The molecule has 0 saturated heterocycles. The molecule has 0 amide bonds. The molecule has 0 aliphatic carbocycles. The van der Waals surface area contributed by atoms with Gasteiger partial charge in [-0.3, -0.25) is 0 Å². The minimum atomic E-state index is 0.145. The van der Waals surface area contributed by atoms with Gasteiger partial charge in [0.1, 0.15) is 11.5 Å². The minimum absolute atomic E-state index is 0.145. The zero-order valence-electron chi connectivity index (χ0n) is 10.6. The summed E-state index contributed by atoms with van der Waals surface area (Å²) in [5, 5.41) is 17.1. The number of furan rings is 1. The van der Waals surface area contributed by atoms with Crippen molar-refractivity contribution in [3.63, 3.8) is 0 Å². The molecule has 0 fully saturated rings. The fourth-order valence-electron chi connectivity index (χ4n) is 1.53. The van der Waals surface area contributed by atoms with Gasteiger partial charge in [-0.15, -0.1) is 22.0 Å². The highest BCUT2D eigenvalue weighted by molar-refractivity contribution is 7.99. The largest absolute Gasteiger partial charge is 0.466 e. The summed E-state index contributed by atoms with van der Waals surface area (Å²) in [6.45, 7) is 5.85. The number of aromatic nitrogens is 2. The van der Waals surface area contributed by atoms with Crippen LogP contribution < -0.4 is 0 Å². The van der Waals surface area contributed by atoms with E-state index in [0.29, 0.717) is 17.5 Å². The van der Waals surface area contributed by atoms with E-state index in [2.05, 4.69) is 10.2 Å².